The van der Waals surface area contributed by atoms with Crippen molar-refractivity contribution in [2.75, 3.05) is 17.2 Å². The topological polar surface area (TPSA) is 75.2 Å². The van der Waals surface area contributed by atoms with Gasteiger partial charge in [0.25, 0.3) is 5.56 Å². The zero-order chi connectivity index (χ0) is 17.5. The van der Waals surface area contributed by atoms with Crippen LogP contribution in [0.15, 0.2) is 41.3 Å². The van der Waals surface area contributed by atoms with Crippen molar-refractivity contribution in [1.82, 2.24) is 9.88 Å². The van der Waals surface area contributed by atoms with Crippen LogP contribution in [-0.2, 0) is 13.6 Å². The van der Waals surface area contributed by atoms with Crippen LogP contribution in [0.2, 0.25) is 0 Å². The third-order valence-corrected chi connectivity index (χ3v) is 3.70. The second-order valence-electron chi connectivity index (χ2n) is 5.72. The van der Waals surface area contributed by atoms with Crippen LogP contribution in [0.4, 0.5) is 16.2 Å². The molecule has 6 heteroatoms. The van der Waals surface area contributed by atoms with Gasteiger partial charge in [0.15, 0.2) is 0 Å². The quantitative estimate of drug-likeness (QED) is 0.763. The summed E-state index contributed by atoms with van der Waals surface area (Å²) in [6.45, 7) is 5.24. The lowest BCUT2D eigenvalue weighted by atomic mass is 10.2. The van der Waals surface area contributed by atoms with Gasteiger partial charge in [0.05, 0.1) is 0 Å². The predicted octanol–water partition coefficient (Wildman–Crippen LogP) is 2.84. The van der Waals surface area contributed by atoms with Crippen LogP contribution in [0.3, 0.4) is 0 Å². The molecule has 0 fully saturated rings. The highest BCUT2D eigenvalue weighted by molar-refractivity contribution is 5.89. The van der Waals surface area contributed by atoms with Crippen molar-refractivity contribution >= 4 is 17.4 Å². The van der Waals surface area contributed by atoms with Gasteiger partial charge in [-0.05, 0) is 42.7 Å². The van der Waals surface area contributed by atoms with Gasteiger partial charge in [-0.1, -0.05) is 19.1 Å². The fourth-order valence-electron chi connectivity index (χ4n) is 2.22. The zero-order valence-electron chi connectivity index (χ0n) is 14.3. The Hall–Kier alpha value is -2.76. The Labute approximate surface area is 141 Å². The lowest BCUT2D eigenvalue weighted by Crippen LogP contribution is -2.32. The summed E-state index contributed by atoms with van der Waals surface area (Å²) >= 11 is 0. The Kier molecular flexibility index (Phi) is 6.01. The molecular formula is C18H24N4O2. The minimum Gasteiger partial charge on any atom is -0.385 e. The van der Waals surface area contributed by atoms with E-state index in [1.165, 1.54) is 4.57 Å². The number of hydrogen-bond donors (Lipinski definition) is 3. The van der Waals surface area contributed by atoms with E-state index in [4.69, 9.17) is 0 Å². The van der Waals surface area contributed by atoms with Crippen LogP contribution in [0.5, 0.6) is 0 Å². The zero-order valence-corrected chi connectivity index (χ0v) is 14.3. The third-order valence-electron chi connectivity index (χ3n) is 3.70. The maximum absolute atomic E-state index is 12.0. The van der Waals surface area contributed by atoms with E-state index >= 15 is 0 Å². The SMILES string of the molecule is CCCNc1ccc(CNC(=O)Nc2c(C)ccn(C)c2=O)cc1. The number of aromatic nitrogens is 1. The van der Waals surface area contributed by atoms with E-state index < -0.39 is 6.03 Å². The number of hydrogen-bond acceptors (Lipinski definition) is 3. The van der Waals surface area contributed by atoms with Crippen molar-refractivity contribution in [2.24, 2.45) is 7.05 Å². The van der Waals surface area contributed by atoms with Gasteiger partial charge in [0, 0.05) is 32.0 Å². The number of rotatable bonds is 6. The summed E-state index contributed by atoms with van der Waals surface area (Å²) in [6.07, 6.45) is 2.75. The molecule has 0 bridgehead atoms. The van der Waals surface area contributed by atoms with E-state index in [0.29, 0.717) is 12.2 Å². The molecule has 0 unspecified atom stereocenters. The van der Waals surface area contributed by atoms with E-state index in [1.54, 1.807) is 26.2 Å². The summed E-state index contributed by atoms with van der Waals surface area (Å²) in [5.74, 6) is 0. The molecular weight excluding hydrogens is 304 g/mol. The van der Waals surface area contributed by atoms with E-state index in [0.717, 1.165) is 29.8 Å². The second-order valence-corrected chi connectivity index (χ2v) is 5.72. The second kappa shape index (κ2) is 8.19. The molecule has 1 heterocycles. The fraction of sp³-hybridized carbons (Fsp3) is 0.333. The number of pyridine rings is 1. The van der Waals surface area contributed by atoms with Crippen molar-refractivity contribution in [2.45, 2.75) is 26.8 Å². The first kappa shape index (κ1) is 17.6. The highest BCUT2D eigenvalue weighted by atomic mass is 16.2. The molecule has 0 aliphatic rings. The van der Waals surface area contributed by atoms with E-state index in [9.17, 15) is 9.59 Å². The van der Waals surface area contributed by atoms with Crippen molar-refractivity contribution in [3.05, 3.63) is 58.0 Å². The van der Waals surface area contributed by atoms with Crippen LogP contribution < -0.4 is 21.5 Å². The highest BCUT2D eigenvalue weighted by Crippen LogP contribution is 2.10. The molecule has 128 valence electrons. The van der Waals surface area contributed by atoms with Crippen LogP contribution in [-0.4, -0.2) is 17.1 Å². The van der Waals surface area contributed by atoms with Crippen LogP contribution in [0.25, 0.3) is 0 Å². The number of nitrogens with zero attached hydrogens (tertiary/aromatic N) is 1. The monoisotopic (exact) mass is 328 g/mol. The molecule has 0 saturated heterocycles. The van der Waals surface area contributed by atoms with Gasteiger partial charge < -0.3 is 20.5 Å². The summed E-state index contributed by atoms with van der Waals surface area (Å²) in [7, 11) is 1.65. The van der Waals surface area contributed by atoms with E-state index in [2.05, 4.69) is 22.9 Å². The molecule has 6 nitrogen and oxygen atoms in total. The first-order chi connectivity index (χ1) is 11.5. The largest absolute Gasteiger partial charge is 0.385 e. The van der Waals surface area contributed by atoms with Crippen molar-refractivity contribution in [3.8, 4) is 0 Å². The van der Waals surface area contributed by atoms with Crippen LogP contribution >= 0.6 is 0 Å². The minimum absolute atomic E-state index is 0.225. The average molecular weight is 328 g/mol. The smallest absolute Gasteiger partial charge is 0.319 e. The number of urea groups is 1. The van der Waals surface area contributed by atoms with Gasteiger partial charge in [0.2, 0.25) is 0 Å². The van der Waals surface area contributed by atoms with E-state index in [1.807, 2.05) is 24.3 Å². The Morgan fingerprint density at radius 1 is 1.17 bits per heavy atom. The van der Waals surface area contributed by atoms with Gasteiger partial charge >= 0.3 is 6.03 Å². The van der Waals surface area contributed by atoms with Gasteiger partial charge in [-0.2, -0.15) is 0 Å². The van der Waals surface area contributed by atoms with Gasteiger partial charge in [-0.25, -0.2) is 4.79 Å². The number of aryl methyl sites for hydroxylation is 2. The molecule has 0 atom stereocenters. The Morgan fingerprint density at radius 2 is 1.88 bits per heavy atom. The number of carbonyl (C=O) groups excluding carboxylic acids is 1. The maximum atomic E-state index is 12.0. The van der Waals surface area contributed by atoms with Crippen molar-refractivity contribution in [1.29, 1.82) is 0 Å². The molecule has 1 aromatic heterocycles. The van der Waals surface area contributed by atoms with Gasteiger partial charge in [0.1, 0.15) is 5.69 Å². The normalized spacial score (nSPS) is 10.3. The molecule has 2 rings (SSSR count). The number of carbonyl (C=O) groups is 1. The predicted molar refractivity (Wildman–Crippen MR) is 97.5 cm³/mol. The highest BCUT2D eigenvalue weighted by Gasteiger charge is 2.09. The minimum atomic E-state index is -0.394. The molecule has 0 saturated carbocycles. The standard InChI is InChI=1S/C18H24N4O2/c1-4-10-19-15-7-5-14(6-8-15)12-20-18(24)21-16-13(2)9-11-22(3)17(16)23/h5-9,11,19H,4,10,12H2,1-3H3,(H2,20,21,24). The fourth-order valence-corrected chi connectivity index (χ4v) is 2.22. The molecule has 0 spiro atoms. The summed E-state index contributed by atoms with van der Waals surface area (Å²) in [4.78, 5) is 24.1. The molecule has 2 amide bonds. The van der Waals surface area contributed by atoms with Crippen LogP contribution in [0.1, 0.15) is 24.5 Å². The Morgan fingerprint density at radius 3 is 2.54 bits per heavy atom. The van der Waals surface area contributed by atoms with Gasteiger partial charge in [-0.3, -0.25) is 4.79 Å². The molecule has 3 N–H and O–H groups in total. The van der Waals surface area contributed by atoms with E-state index in [-0.39, 0.29) is 5.56 Å². The molecule has 24 heavy (non-hydrogen) atoms. The summed E-state index contributed by atoms with van der Waals surface area (Å²) in [6, 6.07) is 9.30. The van der Waals surface area contributed by atoms with Crippen molar-refractivity contribution in [3.63, 3.8) is 0 Å². The number of amides is 2. The molecule has 1 aromatic carbocycles. The average Bonchev–Trinajstić information content (AvgIpc) is 2.59. The Balaban J connectivity index is 1.92. The number of anilines is 2. The molecule has 2 aromatic rings. The Bertz CT molecular complexity index is 751. The number of benzene rings is 1. The first-order valence-corrected chi connectivity index (χ1v) is 8.05. The van der Waals surface area contributed by atoms with Gasteiger partial charge in [-0.15, -0.1) is 0 Å². The first-order valence-electron chi connectivity index (χ1n) is 8.05. The van der Waals surface area contributed by atoms with Crippen LogP contribution in [0, 0.1) is 6.92 Å². The third kappa shape index (κ3) is 4.62. The lowest BCUT2D eigenvalue weighted by Gasteiger charge is -2.11. The number of nitrogens with one attached hydrogen (secondary N) is 3. The molecule has 0 aliphatic carbocycles. The summed E-state index contributed by atoms with van der Waals surface area (Å²) in [5, 5.41) is 8.70. The maximum Gasteiger partial charge on any atom is 0.319 e. The lowest BCUT2D eigenvalue weighted by molar-refractivity contribution is 0.251. The summed E-state index contributed by atoms with van der Waals surface area (Å²) in [5.41, 5.74) is 2.87. The molecule has 0 aliphatic heterocycles. The van der Waals surface area contributed by atoms with Crippen molar-refractivity contribution < 1.29 is 4.79 Å². The summed E-state index contributed by atoms with van der Waals surface area (Å²) < 4.78 is 1.44. The molecule has 0 radical (unpaired) electrons.